The number of benzene rings is 2. The lowest BCUT2D eigenvalue weighted by atomic mass is 10.0. The van der Waals surface area contributed by atoms with E-state index in [1.807, 2.05) is 18.2 Å². The fraction of sp³-hybridized carbons (Fsp3) is 0.240. The van der Waals surface area contributed by atoms with E-state index in [-0.39, 0.29) is 0 Å². The number of aliphatic hydroxyl groups is 1. The lowest BCUT2D eigenvalue weighted by Gasteiger charge is -2.20. The van der Waals surface area contributed by atoms with Crippen molar-refractivity contribution < 1.29 is 18.3 Å². The number of alkyl halides is 3. The Bertz CT molecular complexity index is 1340. The fourth-order valence-corrected chi connectivity index (χ4v) is 3.78. The lowest BCUT2D eigenvalue weighted by Crippen LogP contribution is -2.19. The van der Waals surface area contributed by atoms with Crippen molar-refractivity contribution >= 4 is 28.2 Å². The van der Waals surface area contributed by atoms with Gasteiger partial charge in [0.1, 0.15) is 5.60 Å². The van der Waals surface area contributed by atoms with E-state index in [9.17, 15) is 18.3 Å². The highest BCUT2D eigenvalue weighted by Gasteiger charge is 2.30. The summed E-state index contributed by atoms with van der Waals surface area (Å²) in [5.41, 5.74) is 1.37. The van der Waals surface area contributed by atoms with Gasteiger partial charge in [0.2, 0.25) is 0 Å². The first kappa shape index (κ1) is 23.9. The molecule has 2 aromatic carbocycles. The summed E-state index contributed by atoms with van der Waals surface area (Å²) in [4.78, 5) is 12.9. The van der Waals surface area contributed by atoms with Gasteiger partial charge in [-0.15, -0.1) is 0 Å². The summed E-state index contributed by atoms with van der Waals surface area (Å²) in [5.74, 6) is 0.305. The molecule has 1 atom stereocenters. The minimum atomic E-state index is -4.42. The van der Waals surface area contributed by atoms with Crippen LogP contribution < -0.4 is 5.32 Å². The molecular formula is C25H22ClF3N4O. The first-order chi connectivity index (χ1) is 15.9. The average Bonchev–Trinajstić information content (AvgIpc) is 2.79. The van der Waals surface area contributed by atoms with Gasteiger partial charge in [0.15, 0.2) is 5.82 Å². The second-order valence-electron chi connectivity index (χ2n) is 8.56. The molecule has 5 nitrogen and oxygen atoms in total. The van der Waals surface area contributed by atoms with Crippen molar-refractivity contribution in [1.29, 1.82) is 0 Å². The smallest absolute Gasteiger partial charge is 0.382 e. The number of fused-ring (bicyclic) bond motifs is 1. The van der Waals surface area contributed by atoms with Crippen LogP contribution in [0.1, 0.15) is 43.8 Å². The monoisotopic (exact) mass is 486 g/mol. The number of halogens is 4. The van der Waals surface area contributed by atoms with Gasteiger partial charge in [0.25, 0.3) is 0 Å². The molecule has 34 heavy (non-hydrogen) atoms. The zero-order valence-corrected chi connectivity index (χ0v) is 19.4. The standard InChI is InChI=1S/C25H22ClF3N4O/c1-14(15-5-4-6-18(9-15)25(27,28)29)33-22-19-10-16(7-8-21(19)30-13-20(22)26)17-11-31-23(32-12-17)24(2,3)34/h4-14,34H,1-3H3,(H,30,33). The summed E-state index contributed by atoms with van der Waals surface area (Å²) in [5, 5.41) is 14.4. The van der Waals surface area contributed by atoms with Crippen LogP contribution in [0.5, 0.6) is 0 Å². The van der Waals surface area contributed by atoms with Gasteiger partial charge in [0, 0.05) is 35.6 Å². The zero-order valence-electron chi connectivity index (χ0n) is 18.7. The Labute approximate surface area is 199 Å². The minimum absolute atomic E-state index is 0.305. The van der Waals surface area contributed by atoms with Gasteiger partial charge in [-0.3, -0.25) is 4.98 Å². The Kier molecular flexibility index (Phi) is 6.22. The third-order valence-electron chi connectivity index (χ3n) is 5.43. The summed E-state index contributed by atoms with van der Waals surface area (Å²) in [6.45, 7) is 4.98. The van der Waals surface area contributed by atoms with Crippen LogP contribution in [0.4, 0.5) is 18.9 Å². The molecule has 0 radical (unpaired) electrons. The molecule has 176 valence electrons. The number of hydrogen-bond acceptors (Lipinski definition) is 5. The van der Waals surface area contributed by atoms with E-state index in [0.717, 1.165) is 23.3 Å². The van der Waals surface area contributed by atoms with Crippen LogP contribution in [0.15, 0.2) is 61.1 Å². The maximum Gasteiger partial charge on any atom is 0.416 e. The van der Waals surface area contributed by atoms with Crippen LogP contribution in [0.3, 0.4) is 0 Å². The molecule has 0 saturated heterocycles. The first-order valence-electron chi connectivity index (χ1n) is 10.5. The molecule has 4 rings (SSSR count). The van der Waals surface area contributed by atoms with Crippen molar-refractivity contribution in [2.24, 2.45) is 0 Å². The van der Waals surface area contributed by atoms with Crippen molar-refractivity contribution in [3.8, 4) is 11.1 Å². The highest BCUT2D eigenvalue weighted by molar-refractivity contribution is 6.34. The number of rotatable bonds is 5. The van der Waals surface area contributed by atoms with Crippen molar-refractivity contribution in [1.82, 2.24) is 15.0 Å². The lowest BCUT2D eigenvalue weighted by molar-refractivity contribution is -0.137. The molecule has 1 unspecified atom stereocenters. The summed E-state index contributed by atoms with van der Waals surface area (Å²) in [6, 6.07) is 10.3. The van der Waals surface area contributed by atoms with E-state index >= 15 is 0 Å². The summed E-state index contributed by atoms with van der Waals surface area (Å²) in [7, 11) is 0. The van der Waals surface area contributed by atoms with Crippen LogP contribution in [0.25, 0.3) is 22.0 Å². The number of nitrogens with zero attached hydrogens (tertiary/aromatic N) is 3. The molecule has 0 bridgehead atoms. The molecule has 0 spiro atoms. The molecule has 2 N–H and O–H groups in total. The van der Waals surface area contributed by atoms with E-state index in [0.29, 0.717) is 33.0 Å². The van der Waals surface area contributed by atoms with Crippen LogP contribution in [-0.4, -0.2) is 20.1 Å². The van der Waals surface area contributed by atoms with E-state index in [2.05, 4.69) is 20.3 Å². The Morgan fingerprint density at radius 1 is 0.941 bits per heavy atom. The molecule has 0 aliphatic carbocycles. The molecule has 0 saturated carbocycles. The number of anilines is 1. The Morgan fingerprint density at radius 2 is 1.65 bits per heavy atom. The van der Waals surface area contributed by atoms with Crippen molar-refractivity contribution in [2.45, 2.75) is 38.6 Å². The molecule has 0 amide bonds. The maximum atomic E-state index is 13.2. The van der Waals surface area contributed by atoms with E-state index < -0.39 is 23.4 Å². The van der Waals surface area contributed by atoms with E-state index in [1.165, 1.54) is 12.3 Å². The summed E-state index contributed by atoms with van der Waals surface area (Å²) in [6.07, 6.45) is 0.329. The van der Waals surface area contributed by atoms with E-state index in [1.54, 1.807) is 39.2 Å². The molecule has 0 aliphatic rings. The van der Waals surface area contributed by atoms with Crippen LogP contribution in [-0.2, 0) is 11.8 Å². The Hall–Kier alpha value is -3.23. The zero-order chi connectivity index (χ0) is 24.7. The molecule has 2 aromatic heterocycles. The third kappa shape index (κ3) is 4.98. The predicted molar refractivity (Wildman–Crippen MR) is 127 cm³/mol. The van der Waals surface area contributed by atoms with E-state index in [4.69, 9.17) is 11.6 Å². The topological polar surface area (TPSA) is 70.9 Å². The van der Waals surface area contributed by atoms with Gasteiger partial charge in [-0.2, -0.15) is 13.2 Å². The van der Waals surface area contributed by atoms with Crippen LogP contribution in [0, 0.1) is 0 Å². The highest BCUT2D eigenvalue weighted by atomic mass is 35.5. The van der Waals surface area contributed by atoms with Crippen molar-refractivity contribution in [3.63, 3.8) is 0 Å². The van der Waals surface area contributed by atoms with Gasteiger partial charge >= 0.3 is 6.18 Å². The van der Waals surface area contributed by atoms with Gasteiger partial charge in [-0.05, 0) is 56.2 Å². The Morgan fingerprint density at radius 3 is 2.29 bits per heavy atom. The number of hydrogen-bond donors (Lipinski definition) is 2. The number of nitrogens with one attached hydrogen (secondary N) is 1. The van der Waals surface area contributed by atoms with Crippen LogP contribution in [0.2, 0.25) is 5.02 Å². The molecule has 0 aliphatic heterocycles. The summed E-state index contributed by atoms with van der Waals surface area (Å²) >= 11 is 6.45. The third-order valence-corrected chi connectivity index (χ3v) is 5.72. The predicted octanol–water partition coefficient (Wildman–Crippen LogP) is 6.76. The van der Waals surface area contributed by atoms with Gasteiger partial charge in [-0.25, -0.2) is 9.97 Å². The van der Waals surface area contributed by atoms with Gasteiger partial charge < -0.3 is 10.4 Å². The normalized spacial score (nSPS) is 13.2. The largest absolute Gasteiger partial charge is 0.416 e. The first-order valence-corrected chi connectivity index (χ1v) is 10.9. The van der Waals surface area contributed by atoms with Crippen LogP contribution >= 0.6 is 11.6 Å². The molecule has 0 fully saturated rings. The minimum Gasteiger partial charge on any atom is -0.382 e. The van der Waals surface area contributed by atoms with Gasteiger partial charge in [-0.1, -0.05) is 29.8 Å². The molecule has 9 heteroatoms. The fourth-order valence-electron chi connectivity index (χ4n) is 3.57. The summed E-state index contributed by atoms with van der Waals surface area (Å²) < 4.78 is 39.5. The highest BCUT2D eigenvalue weighted by Crippen LogP contribution is 2.36. The van der Waals surface area contributed by atoms with Crippen molar-refractivity contribution in [2.75, 3.05) is 5.32 Å². The second-order valence-corrected chi connectivity index (χ2v) is 8.96. The van der Waals surface area contributed by atoms with Gasteiger partial charge in [0.05, 0.1) is 21.8 Å². The number of pyridine rings is 1. The second kappa shape index (κ2) is 8.85. The molecule has 2 heterocycles. The quantitative estimate of drug-likeness (QED) is 0.326. The maximum absolute atomic E-state index is 13.2. The Balaban J connectivity index is 1.71. The molecule has 4 aromatic rings. The van der Waals surface area contributed by atoms with Crippen molar-refractivity contribution in [3.05, 3.63) is 83.0 Å². The number of aromatic nitrogens is 3. The average molecular weight is 487 g/mol. The SMILES string of the molecule is CC(Nc1c(Cl)cnc2ccc(-c3cnc(C(C)(C)O)nc3)cc12)c1cccc(C(F)(F)F)c1. The molecular weight excluding hydrogens is 465 g/mol.